The van der Waals surface area contributed by atoms with Crippen molar-refractivity contribution in [3.8, 4) is 11.5 Å². The van der Waals surface area contributed by atoms with Crippen LogP contribution >= 0.6 is 0 Å². The number of phenols is 1. The molecule has 0 spiro atoms. The summed E-state index contributed by atoms with van der Waals surface area (Å²) < 4.78 is 23.4. The second-order valence-electron chi connectivity index (χ2n) is 3.95. The van der Waals surface area contributed by atoms with Crippen LogP contribution in [-0.4, -0.2) is 23.3 Å². The van der Waals surface area contributed by atoms with Gasteiger partial charge in [-0.15, -0.1) is 0 Å². The Morgan fingerprint density at radius 3 is 2.65 bits per heavy atom. The third-order valence-electron chi connectivity index (χ3n) is 2.05. The lowest BCUT2D eigenvalue weighted by Gasteiger charge is -2.24. The first-order valence-corrected chi connectivity index (χ1v) is 5.21. The highest BCUT2D eigenvalue weighted by molar-refractivity contribution is 5.79. The predicted molar refractivity (Wildman–Crippen MR) is 59.4 cm³/mol. The van der Waals surface area contributed by atoms with Crippen LogP contribution in [-0.2, 0) is 9.53 Å². The Labute approximate surface area is 99.0 Å². The van der Waals surface area contributed by atoms with Crippen LogP contribution in [0, 0.1) is 5.82 Å². The smallest absolute Gasteiger partial charge is 0.349 e. The van der Waals surface area contributed by atoms with Crippen LogP contribution in [0.25, 0.3) is 0 Å². The molecule has 0 amide bonds. The third-order valence-corrected chi connectivity index (χ3v) is 2.05. The highest BCUT2D eigenvalue weighted by Crippen LogP contribution is 2.25. The summed E-state index contributed by atoms with van der Waals surface area (Å²) in [6.07, 6.45) is 0. The second kappa shape index (κ2) is 5.03. The Bertz CT molecular complexity index is 415. The minimum absolute atomic E-state index is 0.110. The van der Waals surface area contributed by atoms with Gasteiger partial charge in [0.2, 0.25) is 0 Å². The summed E-state index contributed by atoms with van der Waals surface area (Å²) >= 11 is 0. The number of benzene rings is 1. The lowest BCUT2D eigenvalue weighted by Crippen LogP contribution is -2.39. The van der Waals surface area contributed by atoms with E-state index in [1.807, 2.05) is 0 Å². The molecule has 1 N–H and O–H groups in total. The Hall–Kier alpha value is -1.78. The first-order chi connectivity index (χ1) is 7.86. The number of carbonyl (C=O) groups excluding carboxylic acids is 1. The van der Waals surface area contributed by atoms with Crippen molar-refractivity contribution in [2.75, 3.05) is 6.61 Å². The van der Waals surface area contributed by atoms with Crippen molar-refractivity contribution in [1.29, 1.82) is 0 Å². The summed E-state index contributed by atoms with van der Waals surface area (Å²) in [5.41, 5.74) is -1.28. The van der Waals surface area contributed by atoms with Crippen LogP contribution in [0.5, 0.6) is 11.5 Å². The number of hydrogen-bond donors (Lipinski definition) is 1. The van der Waals surface area contributed by atoms with Gasteiger partial charge in [-0.25, -0.2) is 9.18 Å². The quantitative estimate of drug-likeness (QED) is 0.823. The van der Waals surface area contributed by atoms with Gasteiger partial charge in [-0.05, 0) is 32.9 Å². The van der Waals surface area contributed by atoms with E-state index in [2.05, 4.69) is 0 Å². The van der Waals surface area contributed by atoms with E-state index in [9.17, 15) is 9.18 Å². The summed E-state index contributed by atoms with van der Waals surface area (Å²) in [6.45, 7) is 4.87. The molecule has 17 heavy (non-hydrogen) atoms. The van der Waals surface area contributed by atoms with E-state index < -0.39 is 17.4 Å². The van der Waals surface area contributed by atoms with E-state index in [4.69, 9.17) is 14.6 Å². The minimum Gasteiger partial charge on any atom is -0.508 e. The first-order valence-electron chi connectivity index (χ1n) is 5.21. The maximum atomic E-state index is 13.4. The fourth-order valence-electron chi connectivity index (χ4n) is 1.19. The summed E-state index contributed by atoms with van der Waals surface area (Å²) in [5, 5.41) is 9.04. The van der Waals surface area contributed by atoms with Crippen LogP contribution in [0.2, 0.25) is 0 Å². The number of hydrogen-bond acceptors (Lipinski definition) is 4. The minimum atomic E-state index is -1.28. The van der Waals surface area contributed by atoms with Crippen molar-refractivity contribution in [1.82, 2.24) is 0 Å². The molecule has 0 bridgehead atoms. The van der Waals surface area contributed by atoms with Crippen LogP contribution in [0.15, 0.2) is 18.2 Å². The largest absolute Gasteiger partial charge is 0.508 e. The first kappa shape index (κ1) is 13.3. The fraction of sp³-hybridized carbons (Fsp3) is 0.417. The van der Waals surface area contributed by atoms with E-state index in [1.165, 1.54) is 26.0 Å². The van der Waals surface area contributed by atoms with Crippen molar-refractivity contribution >= 4 is 5.97 Å². The summed E-state index contributed by atoms with van der Waals surface area (Å²) in [4.78, 5) is 11.5. The van der Waals surface area contributed by atoms with Crippen LogP contribution in [0.1, 0.15) is 20.8 Å². The van der Waals surface area contributed by atoms with E-state index in [0.717, 1.165) is 6.07 Å². The zero-order valence-corrected chi connectivity index (χ0v) is 9.99. The number of esters is 1. The van der Waals surface area contributed by atoms with Crippen molar-refractivity contribution < 1.29 is 23.8 Å². The third kappa shape index (κ3) is 3.34. The van der Waals surface area contributed by atoms with Gasteiger partial charge in [0.25, 0.3) is 0 Å². The highest BCUT2D eigenvalue weighted by atomic mass is 19.1. The summed E-state index contributed by atoms with van der Waals surface area (Å²) in [7, 11) is 0. The lowest BCUT2D eigenvalue weighted by molar-refractivity contribution is -0.158. The average molecular weight is 242 g/mol. The van der Waals surface area contributed by atoms with Crippen LogP contribution in [0.4, 0.5) is 4.39 Å². The van der Waals surface area contributed by atoms with Crippen molar-refractivity contribution in [3.05, 3.63) is 24.0 Å². The van der Waals surface area contributed by atoms with Gasteiger partial charge in [-0.2, -0.15) is 0 Å². The molecule has 0 aliphatic rings. The van der Waals surface area contributed by atoms with Gasteiger partial charge in [0.1, 0.15) is 5.75 Å². The number of rotatable bonds is 4. The highest BCUT2D eigenvalue weighted by Gasteiger charge is 2.32. The second-order valence-corrected chi connectivity index (χ2v) is 3.95. The molecule has 0 radical (unpaired) electrons. The molecule has 5 heteroatoms. The van der Waals surface area contributed by atoms with Gasteiger partial charge >= 0.3 is 5.97 Å². The molecular weight excluding hydrogens is 227 g/mol. The number of phenolic OH excluding ortho intramolecular Hbond substituents is 1. The molecule has 0 atom stereocenters. The van der Waals surface area contributed by atoms with Crippen molar-refractivity contribution in [2.45, 2.75) is 26.4 Å². The van der Waals surface area contributed by atoms with E-state index in [-0.39, 0.29) is 18.1 Å². The van der Waals surface area contributed by atoms with Gasteiger partial charge in [0.05, 0.1) is 6.61 Å². The zero-order valence-electron chi connectivity index (χ0n) is 9.99. The van der Waals surface area contributed by atoms with E-state index >= 15 is 0 Å². The Morgan fingerprint density at radius 1 is 1.47 bits per heavy atom. The zero-order chi connectivity index (χ0) is 13.1. The molecule has 0 aliphatic heterocycles. The molecule has 4 nitrogen and oxygen atoms in total. The van der Waals surface area contributed by atoms with E-state index in [0.29, 0.717) is 0 Å². The Kier molecular flexibility index (Phi) is 3.93. The van der Waals surface area contributed by atoms with Gasteiger partial charge in [0, 0.05) is 6.07 Å². The molecule has 1 aromatic rings. The normalized spacial score (nSPS) is 11.1. The Morgan fingerprint density at radius 2 is 2.12 bits per heavy atom. The van der Waals surface area contributed by atoms with Crippen LogP contribution < -0.4 is 4.74 Å². The summed E-state index contributed by atoms with van der Waals surface area (Å²) in [6, 6.07) is 3.45. The maximum Gasteiger partial charge on any atom is 0.349 e. The summed E-state index contributed by atoms with van der Waals surface area (Å²) in [5.74, 6) is -1.63. The number of carbonyl (C=O) groups is 1. The fourth-order valence-corrected chi connectivity index (χ4v) is 1.19. The maximum absolute atomic E-state index is 13.4. The monoisotopic (exact) mass is 242 g/mol. The van der Waals surface area contributed by atoms with Crippen LogP contribution in [0.3, 0.4) is 0 Å². The van der Waals surface area contributed by atoms with Gasteiger partial charge in [-0.3, -0.25) is 0 Å². The lowest BCUT2D eigenvalue weighted by atomic mass is 10.1. The van der Waals surface area contributed by atoms with Gasteiger partial charge in [0.15, 0.2) is 17.2 Å². The van der Waals surface area contributed by atoms with Gasteiger partial charge < -0.3 is 14.6 Å². The topological polar surface area (TPSA) is 55.8 Å². The molecular formula is C12H15FO4. The molecule has 0 aliphatic carbocycles. The molecule has 0 unspecified atom stereocenters. The van der Waals surface area contributed by atoms with Gasteiger partial charge in [-0.1, -0.05) is 0 Å². The predicted octanol–water partition coefficient (Wildman–Crippen LogP) is 2.25. The molecule has 0 fully saturated rings. The molecule has 94 valence electrons. The standard InChI is InChI=1S/C12H15FO4/c1-4-16-11(15)12(2,3)17-10-6-5-8(14)7-9(10)13/h5-7,14H,4H2,1-3H3. The molecule has 0 saturated carbocycles. The Balaban J connectivity index is 2.86. The van der Waals surface area contributed by atoms with Crippen molar-refractivity contribution in [2.24, 2.45) is 0 Å². The molecule has 1 aromatic carbocycles. The number of aromatic hydroxyl groups is 1. The number of halogens is 1. The molecule has 0 aromatic heterocycles. The molecule has 0 saturated heterocycles. The average Bonchev–Trinajstić information content (AvgIpc) is 2.22. The molecule has 1 rings (SSSR count). The van der Waals surface area contributed by atoms with E-state index in [1.54, 1.807) is 6.92 Å². The SMILES string of the molecule is CCOC(=O)C(C)(C)Oc1ccc(O)cc1F. The van der Waals surface area contributed by atoms with Crippen molar-refractivity contribution in [3.63, 3.8) is 0 Å². The molecule has 0 heterocycles. The number of ether oxygens (including phenoxy) is 2.